The predicted octanol–water partition coefficient (Wildman–Crippen LogP) is 2.02. The van der Waals surface area contributed by atoms with Gasteiger partial charge in [-0.05, 0) is 61.9 Å². The first kappa shape index (κ1) is 18.7. The van der Waals surface area contributed by atoms with Crippen molar-refractivity contribution in [2.75, 3.05) is 13.7 Å². The zero-order chi connectivity index (χ0) is 18.7. The number of hydrogen-bond acceptors (Lipinski definition) is 4. The molecule has 6 nitrogen and oxygen atoms in total. The van der Waals surface area contributed by atoms with E-state index >= 15 is 0 Å². The number of nitrogens with zero attached hydrogens (tertiary/aromatic N) is 1. The highest BCUT2D eigenvalue weighted by Crippen LogP contribution is 2.24. The van der Waals surface area contributed by atoms with E-state index in [1.807, 2.05) is 6.07 Å². The van der Waals surface area contributed by atoms with Gasteiger partial charge in [-0.25, -0.2) is 13.1 Å². The molecule has 0 atom stereocenters. The summed E-state index contributed by atoms with van der Waals surface area (Å²) < 4.78 is 34.3. The van der Waals surface area contributed by atoms with E-state index in [1.165, 1.54) is 23.3 Å². The number of sulfonamides is 1. The Morgan fingerprint density at radius 1 is 1.12 bits per heavy atom. The minimum Gasteiger partial charge on any atom is -0.496 e. The molecule has 7 heteroatoms. The van der Waals surface area contributed by atoms with Gasteiger partial charge < -0.3 is 9.30 Å². The predicted molar refractivity (Wildman–Crippen MR) is 100 cm³/mol. The van der Waals surface area contributed by atoms with Gasteiger partial charge in [0.15, 0.2) is 0 Å². The molecule has 26 heavy (non-hydrogen) atoms. The molecule has 2 aromatic rings. The molecule has 0 amide bonds. The second-order valence-electron chi connectivity index (χ2n) is 6.56. The first-order valence-corrected chi connectivity index (χ1v) is 10.3. The number of methoxy groups -OCH3 is 1. The Balaban J connectivity index is 1.70. The van der Waals surface area contributed by atoms with Gasteiger partial charge in [-0.2, -0.15) is 0 Å². The molecule has 0 saturated carbocycles. The number of nitrogens with one attached hydrogen (secondary N) is 1. The second-order valence-corrected chi connectivity index (χ2v) is 8.33. The maximum Gasteiger partial charge on any atom is 0.254 e. The molecular formula is C19H24N2O4S. The topological polar surface area (TPSA) is 77.4 Å². The van der Waals surface area contributed by atoms with Gasteiger partial charge in [-0.3, -0.25) is 4.79 Å². The molecule has 1 aliphatic rings. The number of pyridine rings is 1. The van der Waals surface area contributed by atoms with Crippen molar-refractivity contribution in [3.8, 4) is 5.75 Å². The van der Waals surface area contributed by atoms with E-state index in [2.05, 4.69) is 4.72 Å². The molecule has 0 saturated heterocycles. The largest absolute Gasteiger partial charge is 0.496 e. The van der Waals surface area contributed by atoms with Crippen molar-refractivity contribution in [1.82, 2.24) is 9.29 Å². The zero-order valence-electron chi connectivity index (χ0n) is 15.1. The summed E-state index contributed by atoms with van der Waals surface area (Å²) in [4.78, 5) is 12.4. The van der Waals surface area contributed by atoms with Gasteiger partial charge in [0.2, 0.25) is 10.0 Å². The van der Waals surface area contributed by atoms with E-state index in [0.29, 0.717) is 5.75 Å². The molecule has 1 aliphatic carbocycles. The van der Waals surface area contributed by atoms with Gasteiger partial charge in [-0.1, -0.05) is 6.07 Å². The molecule has 0 unspecified atom stereocenters. The molecule has 3 rings (SSSR count). The van der Waals surface area contributed by atoms with E-state index in [-0.39, 0.29) is 23.5 Å². The summed E-state index contributed by atoms with van der Waals surface area (Å²) >= 11 is 0. The van der Waals surface area contributed by atoms with Crippen LogP contribution in [0.25, 0.3) is 0 Å². The van der Waals surface area contributed by atoms with Crippen LogP contribution >= 0.6 is 0 Å². The van der Waals surface area contributed by atoms with Crippen molar-refractivity contribution in [3.63, 3.8) is 0 Å². The molecule has 0 aliphatic heterocycles. The summed E-state index contributed by atoms with van der Waals surface area (Å²) in [7, 11) is -2.09. The molecule has 0 fully saturated rings. The Labute approximate surface area is 153 Å². The van der Waals surface area contributed by atoms with Gasteiger partial charge in [0.05, 0.1) is 12.0 Å². The normalized spacial score (nSPS) is 14.1. The van der Waals surface area contributed by atoms with Gasteiger partial charge in [-0.15, -0.1) is 0 Å². The average molecular weight is 376 g/mol. The summed E-state index contributed by atoms with van der Waals surface area (Å²) in [5.74, 6) is 0.499. The molecule has 0 spiro atoms. The summed E-state index contributed by atoms with van der Waals surface area (Å²) in [5.41, 5.74) is 2.88. The van der Waals surface area contributed by atoms with E-state index in [4.69, 9.17) is 4.74 Å². The van der Waals surface area contributed by atoms with E-state index in [1.54, 1.807) is 25.1 Å². The second kappa shape index (κ2) is 7.63. The van der Waals surface area contributed by atoms with Crippen LogP contribution in [0.15, 0.2) is 40.0 Å². The number of benzene rings is 1. The molecule has 0 bridgehead atoms. The first-order chi connectivity index (χ1) is 12.4. The van der Waals surface area contributed by atoms with Crippen molar-refractivity contribution in [2.24, 2.45) is 0 Å². The van der Waals surface area contributed by atoms with Crippen LogP contribution in [-0.2, 0) is 29.4 Å². The molecule has 1 heterocycles. The molecule has 1 aromatic carbocycles. The Morgan fingerprint density at radius 2 is 1.85 bits per heavy atom. The number of aromatic nitrogens is 1. The summed E-state index contributed by atoms with van der Waals surface area (Å²) in [6, 6.07) is 8.50. The fourth-order valence-corrected chi connectivity index (χ4v) is 4.43. The lowest BCUT2D eigenvalue weighted by molar-refractivity contribution is 0.411. The van der Waals surface area contributed by atoms with Crippen LogP contribution in [-0.4, -0.2) is 26.6 Å². The zero-order valence-corrected chi connectivity index (χ0v) is 15.9. The molecule has 1 N–H and O–H groups in total. The number of fused-ring (bicyclic) bond motifs is 1. The highest BCUT2D eigenvalue weighted by Gasteiger charge is 2.17. The number of ether oxygens (including phenoxy) is 1. The fourth-order valence-electron chi connectivity index (χ4n) is 3.36. The maximum absolute atomic E-state index is 12.6. The minimum absolute atomic E-state index is 0.145. The van der Waals surface area contributed by atoms with Gasteiger partial charge in [0.25, 0.3) is 5.56 Å². The third-order valence-corrected chi connectivity index (χ3v) is 6.26. The highest BCUT2D eigenvalue weighted by molar-refractivity contribution is 7.89. The first-order valence-electron chi connectivity index (χ1n) is 8.77. The number of aryl methyl sites for hydroxylation is 3. The summed E-state index contributed by atoms with van der Waals surface area (Å²) in [5, 5.41) is 0. The Bertz CT molecular complexity index is 964. The smallest absolute Gasteiger partial charge is 0.254 e. The number of hydrogen-bond donors (Lipinski definition) is 1. The van der Waals surface area contributed by atoms with Crippen molar-refractivity contribution in [1.29, 1.82) is 0 Å². The standard InChI is InChI=1S/C19H24N2O4S/c1-14-11-17(25-2)13-19(22)21(14)10-9-20-26(23,24)18-8-7-15-5-3-4-6-16(15)12-18/h7-8,11-13,20H,3-6,9-10H2,1-2H3. The summed E-state index contributed by atoms with van der Waals surface area (Å²) in [6.07, 6.45) is 4.21. The van der Waals surface area contributed by atoms with Gasteiger partial charge in [0, 0.05) is 24.8 Å². The van der Waals surface area contributed by atoms with E-state index < -0.39 is 10.0 Å². The highest BCUT2D eigenvalue weighted by atomic mass is 32.2. The SMILES string of the molecule is COc1cc(C)n(CCNS(=O)(=O)c2ccc3c(c2)CCCC3)c(=O)c1. The third-order valence-electron chi connectivity index (χ3n) is 4.80. The van der Waals surface area contributed by atoms with Crippen molar-refractivity contribution >= 4 is 10.0 Å². The van der Waals surface area contributed by atoms with Crippen LogP contribution in [0.1, 0.15) is 29.7 Å². The Morgan fingerprint density at radius 3 is 2.54 bits per heavy atom. The molecule has 1 aromatic heterocycles. The summed E-state index contributed by atoms with van der Waals surface area (Å²) in [6.45, 7) is 2.20. The third kappa shape index (κ3) is 3.99. The lowest BCUT2D eigenvalue weighted by Gasteiger charge is -2.17. The Kier molecular flexibility index (Phi) is 5.48. The van der Waals surface area contributed by atoms with Crippen LogP contribution in [0.2, 0.25) is 0 Å². The monoisotopic (exact) mass is 376 g/mol. The lowest BCUT2D eigenvalue weighted by atomic mass is 9.92. The van der Waals surface area contributed by atoms with Crippen molar-refractivity contribution < 1.29 is 13.2 Å². The van der Waals surface area contributed by atoms with E-state index in [9.17, 15) is 13.2 Å². The molecular weight excluding hydrogens is 352 g/mol. The van der Waals surface area contributed by atoms with Crippen molar-refractivity contribution in [3.05, 3.63) is 57.5 Å². The maximum atomic E-state index is 12.6. The Hall–Kier alpha value is -2.12. The van der Waals surface area contributed by atoms with Crippen LogP contribution in [0, 0.1) is 6.92 Å². The van der Waals surface area contributed by atoms with Crippen LogP contribution in [0.5, 0.6) is 5.75 Å². The average Bonchev–Trinajstić information content (AvgIpc) is 2.63. The molecule has 140 valence electrons. The van der Waals surface area contributed by atoms with Crippen LogP contribution in [0.4, 0.5) is 0 Å². The number of rotatable bonds is 6. The van der Waals surface area contributed by atoms with Crippen LogP contribution < -0.4 is 15.0 Å². The van der Waals surface area contributed by atoms with Gasteiger partial charge >= 0.3 is 0 Å². The van der Waals surface area contributed by atoms with Crippen LogP contribution in [0.3, 0.4) is 0 Å². The quantitative estimate of drug-likeness (QED) is 0.837. The molecule has 0 radical (unpaired) electrons. The lowest BCUT2D eigenvalue weighted by Crippen LogP contribution is -2.31. The fraction of sp³-hybridized carbons (Fsp3) is 0.421. The van der Waals surface area contributed by atoms with Gasteiger partial charge in [0.1, 0.15) is 5.75 Å². The minimum atomic E-state index is -3.59. The van der Waals surface area contributed by atoms with Crippen molar-refractivity contribution in [2.45, 2.75) is 44.0 Å². The van der Waals surface area contributed by atoms with E-state index in [0.717, 1.165) is 36.9 Å².